The second-order valence-corrected chi connectivity index (χ2v) is 12.3. The molecular formula is C29H40N6. The topological polar surface area (TPSA) is 91.7 Å². The Morgan fingerprint density at radius 3 is 2.09 bits per heavy atom. The van der Waals surface area contributed by atoms with Crippen LogP contribution >= 0.6 is 0 Å². The average molecular weight is 473 g/mol. The van der Waals surface area contributed by atoms with Crippen LogP contribution in [0.4, 0.5) is 0 Å². The lowest BCUT2D eigenvalue weighted by atomic mass is 9.89. The molecule has 6 heteroatoms. The van der Waals surface area contributed by atoms with Crippen LogP contribution in [0.5, 0.6) is 0 Å². The highest BCUT2D eigenvalue weighted by Crippen LogP contribution is 2.46. The molecule has 0 radical (unpaired) electrons. The molecule has 0 amide bonds. The highest BCUT2D eigenvalue weighted by molar-refractivity contribution is 5.79. The van der Waals surface area contributed by atoms with E-state index in [0.717, 1.165) is 53.9 Å². The summed E-state index contributed by atoms with van der Waals surface area (Å²) in [4.78, 5) is 7.35. The summed E-state index contributed by atoms with van der Waals surface area (Å²) in [7, 11) is 0. The number of guanidine groups is 1. The molecule has 2 saturated carbocycles. The third kappa shape index (κ3) is 4.04. The van der Waals surface area contributed by atoms with Gasteiger partial charge in [-0.3, -0.25) is 16.1 Å². The summed E-state index contributed by atoms with van der Waals surface area (Å²) in [5, 5.41) is 0. The van der Waals surface area contributed by atoms with E-state index in [2.05, 4.69) is 63.2 Å². The zero-order chi connectivity index (χ0) is 23.6. The molecule has 1 heterocycles. The Balaban J connectivity index is 1.09. The van der Waals surface area contributed by atoms with Crippen molar-refractivity contribution in [2.45, 2.75) is 63.2 Å². The molecule has 1 aromatic rings. The van der Waals surface area contributed by atoms with Gasteiger partial charge < -0.3 is 5.73 Å². The fraction of sp³-hybridized carbons (Fsp3) is 0.621. The smallest absolute Gasteiger partial charge is 0.209 e. The number of hydrogen-bond donors (Lipinski definition) is 4. The van der Waals surface area contributed by atoms with Crippen molar-refractivity contribution in [1.29, 1.82) is 0 Å². The average Bonchev–Trinajstić information content (AvgIpc) is 3.67. The number of hydrazine groups is 1. The quantitative estimate of drug-likeness (QED) is 0.377. The number of rotatable bonds is 6. The number of allylic oxidation sites excluding steroid dienone is 4. The Bertz CT molecular complexity index is 1040. The van der Waals surface area contributed by atoms with E-state index >= 15 is 0 Å². The number of nitrogens with two attached hydrogens (primary N) is 2. The van der Waals surface area contributed by atoms with Crippen molar-refractivity contribution < 1.29 is 0 Å². The second-order valence-electron chi connectivity index (χ2n) is 12.3. The van der Waals surface area contributed by atoms with Gasteiger partial charge in [0.15, 0.2) is 0 Å². The molecule has 1 aliphatic heterocycles. The van der Waals surface area contributed by atoms with Crippen LogP contribution in [0.3, 0.4) is 0 Å². The summed E-state index contributed by atoms with van der Waals surface area (Å²) < 4.78 is 0. The zero-order valence-electron chi connectivity index (χ0n) is 20.7. The molecule has 0 spiro atoms. The first-order valence-electron chi connectivity index (χ1n) is 13.9. The van der Waals surface area contributed by atoms with Crippen molar-refractivity contribution in [1.82, 2.24) is 15.8 Å². The van der Waals surface area contributed by atoms with Crippen LogP contribution < -0.4 is 22.3 Å². The zero-order valence-corrected chi connectivity index (χ0v) is 20.7. The van der Waals surface area contributed by atoms with Gasteiger partial charge in [0.25, 0.3) is 0 Å². The number of nitrogens with one attached hydrogen (secondary N) is 2. The third-order valence-corrected chi connectivity index (χ3v) is 10.1. The minimum Gasteiger partial charge on any atom is -0.369 e. The normalized spacial score (nSPS) is 40.9. The van der Waals surface area contributed by atoms with Crippen molar-refractivity contribution in [2.75, 3.05) is 13.1 Å². The minimum atomic E-state index is -0.985. The monoisotopic (exact) mass is 472 g/mol. The van der Waals surface area contributed by atoms with Crippen molar-refractivity contribution in [3.63, 3.8) is 0 Å². The fourth-order valence-electron chi connectivity index (χ4n) is 8.22. The van der Waals surface area contributed by atoms with Gasteiger partial charge in [0, 0.05) is 24.7 Å². The van der Waals surface area contributed by atoms with Crippen LogP contribution in [0, 0.1) is 35.5 Å². The molecule has 6 N–H and O–H groups in total. The number of hydrogen-bond acceptors (Lipinski definition) is 6. The van der Waals surface area contributed by atoms with E-state index in [1.54, 1.807) is 0 Å². The molecule has 1 aromatic carbocycles. The van der Waals surface area contributed by atoms with Crippen LogP contribution in [0.1, 0.15) is 55.2 Å². The van der Waals surface area contributed by atoms with E-state index in [-0.39, 0.29) is 0 Å². The third-order valence-electron chi connectivity index (χ3n) is 10.1. The Hall–Kier alpha value is -2.15. The van der Waals surface area contributed by atoms with Crippen LogP contribution in [0.2, 0.25) is 0 Å². The number of fused-ring (bicyclic) bond motifs is 5. The first kappa shape index (κ1) is 22.1. The Labute approximate surface area is 209 Å². The Morgan fingerprint density at radius 2 is 1.54 bits per heavy atom. The molecule has 4 bridgehead atoms. The van der Waals surface area contributed by atoms with Crippen LogP contribution in [-0.4, -0.2) is 30.0 Å². The maximum Gasteiger partial charge on any atom is 0.209 e. The lowest BCUT2D eigenvalue weighted by molar-refractivity contribution is 0.114. The highest BCUT2D eigenvalue weighted by atomic mass is 15.6. The molecule has 8 atom stereocenters. The predicted molar refractivity (Wildman–Crippen MR) is 140 cm³/mol. The van der Waals surface area contributed by atoms with Crippen LogP contribution in [0.15, 0.2) is 47.5 Å². The lowest BCUT2D eigenvalue weighted by Gasteiger charge is -2.38. The first-order valence-corrected chi connectivity index (χ1v) is 13.9. The summed E-state index contributed by atoms with van der Waals surface area (Å²) in [5.74, 6) is 4.44. The van der Waals surface area contributed by atoms with E-state index < -0.39 is 5.79 Å². The number of nitrogens with zero attached hydrogens (tertiary/aromatic N) is 2. The highest BCUT2D eigenvalue weighted by Gasteiger charge is 2.41. The molecule has 2 fully saturated rings. The largest absolute Gasteiger partial charge is 0.369 e. The summed E-state index contributed by atoms with van der Waals surface area (Å²) >= 11 is 0. The number of aryl methyl sites for hydroxylation is 2. The van der Waals surface area contributed by atoms with Gasteiger partial charge in [0.2, 0.25) is 11.7 Å². The summed E-state index contributed by atoms with van der Waals surface area (Å²) in [5.41, 5.74) is 22.1. The molecule has 5 aliphatic carbocycles. The SMILES string of the molecule is NC1=NC(N)(c2ccc3c(c2)CC[C@@H](N(CC2CC4C=CC2C4)CC2CC4C=CC2C4)CC3)NN1. The van der Waals surface area contributed by atoms with Crippen molar-refractivity contribution in [3.8, 4) is 0 Å². The summed E-state index contributed by atoms with van der Waals surface area (Å²) in [6.45, 7) is 2.59. The molecule has 7 unspecified atom stereocenters. The van der Waals surface area contributed by atoms with Gasteiger partial charge in [-0.1, -0.05) is 42.5 Å². The maximum atomic E-state index is 6.50. The van der Waals surface area contributed by atoms with Crippen molar-refractivity contribution in [2.24, 2.45) is 52.0 Å². The molecule has 6 aliphatic rings. The standard InChI is InChI=1S/C29H40N6/c30-28-32-29(31,34-33-28)26-8-5-20-6-9-27(10-7-23(20)15-26)35(16-24-13-18-1-3-21(24)11-18)17-25-14-19-2-4-22(25)12-19/h1-5,8,15,18-19,21-22,24-25,27,34H,6-7,9-14,16-17,31H2,(H3,30,32,33)/t18?,19?,21?,22?,24?,25?,27-,29?/m0/s1. The van der Waals surface area contributed by atoms with Crippen molar-refractivity contribution >= 4 is 5.96 Å². The molecular weight excluding hydrogens is 432 g/mol. The van der Waals surface area contributed by atoms with E-state index in [4.69, 9.17) is 11.5 Å². The maximum absolute atomic E-state index is 6.50. The molecule has 35 heavy (non-hydrogen) atoms. The number of benzene rings is 1. The van der Waals surface area contributed by atoms with Gasteiger partial charge in [-0.2, -0.15) is 5.43 Å². The molecule has 7 rings (SSSR count). The predicted octanol–water partition coefficient (Wildman–Crippen LogP) is 3.15. The second kappa shape index (κ2) is 8.46. The van der Waals surface area contributed by atoms with Crippen molar-refractivity contribution in [3.05, 3.63) is 59.2 Å². The van der Waals surface area contributed by atoms with Crippen LogP contribution in [0.25, 0.3) is 0 Å². The molecule has 186 valence electrons. The van der Waals surface area contributed by atoms with E-state index in [1.807, 2.05) is 0 Å². The van der Waals surface area contributed by atoms with E-state index in [9.17, 15) is 0 Å². The lowest BCUT2D eigenvalue weighted by Crippen LogP contribution is -2.50. The molecule has 6 nitrogen and oxygen atoms in total. The van der Waals surface area contributed by atoms with E-state index in [1.165, 1.54) is 62.7 Å². The van der Waals surface area contributed by atoms with Gasteiger partial charge >= 0.3 is 0 Å². The minimum absolute atomic E-state index is 0.337. The molecule has 0 saturated heterocycles. The summed E-state index contributed by atoms with van der Waals surface area (Å²) in [6, 6.07) is 7.33. The van der Waals surface area contributed by atoms with Gasteiger partial charge in [0.05, 0.1) is 0 Å². The summed E-state index contributed by atoms with van der Waals surface area (Å²) in [6.07, 6.45) is 20.4. The van der Waals surface area contributed by atoms with Gasteiger partial charge in [0.1, 0.15) is 0 Å². The molecule has 0 aromatic heterocycles. The van der Waals surface area contributed by atoms with Gasteiger partial charge in [-0.05, 0) is 98.0 Å². The van der Waals surface area contributed by atoms with E-state index in [0.29, 0.717) is 12.0 Å². The Morgan fingerprint density at radius 1 is 0.886 bits per heavy atom. The fourth-order valence-corrected chi connectivity index (χ4v) is 8.22. The van der Waals surface area contributed by atoms with Crippen LogP contribution in [-0.2, 0) is 18.6 Å². The van der Waals surface area contributed by atoms with Gasteiger partial charge in [-0.15, -0.1) is 0 Å². The number of aliphatic imine (C=N–C) groups is 1. The first-order chi connectivity index (χ1) is 17.0. The van der Waals surface area contributed by atoms with Gasteiger partial charge in [-0.25, -0.2) is 4.99 Å². The Kier molecular flexibility index (Phi) is 5.34.